The molecular formula is C27H29F3N8O2. The summed E-state index contributed by atoms with van der Waals surface area (Å²) in [7, 11) is 2.11. The number of benzene rings is 1. The number of ether oxygens (including phenoxy) is 1. The van der Waals surface area contributed by atoms with Crippen molar-refractivity contribution < 1.29 is 17.9 Å². The highest BCUT2D eigenvalue weighted by molar-refractivity contribution is 5.77. The van der Waals surface area contributed by atoms with Crippen LogP contribution >= 0.6 is 0 Å². The lowest BCUT2D eigenvalue weighted by Gasteiger charge is -2.29. The number of hydrogen-bond acceptors (Lipinski definition) is 8. The zero-order chi connectivity index (χ0) is 28.3. The van der Waals surface area contributed by atoms with Crippen LogP contribution in [0.4, 0.5) is 30.6 Å². The van der Waals surface area contributed by atoms with Crippen LogP contribution in [0.15, 0.2) is 66.1 Å². The van der Waals surface area contributed by atoms with Gasteiger partial charge in [0.1, 0.15) is 17.0 Å². The molecule has 1 aliphatic heterocycles. The number of halogens is 3. The average Bonchev–Trinajstić information content (AvgIpc) is 3.20. The quantitative estimate of drug-likeness (QED) is 0.295. The molecule has 0 unspecified atom stereocenters. The predicted molar refractivity (Wildman–Crippen MR) is 147 cm³/mol. The summed E-state index contributed by atoms with van der Waals surface area (Å²) >= 11 is 0. The van der Waals surface area contributed by atoms with E-state index in [0.29, 0.717) is 34.4 Å². The maximum Gasteiger partial charge on any atom is 0.422 e. The predicted octanol–water partition coefficient (Wildman–Crippen LogP) is 4.35. The molecule has 1 aliphatic rings. The maximum atomic E-state index is 13.2. The summed E-state index contributed by atoms with van der Waals surface area (Å²) < 4.78 is 45.1. The van der Waals surface area contributed by atoms with Gasteiger partial charge in [0.2, 0.25) is 5.95 Å². The Morgan fingerprint density at radius 3 is 2.58 bits per heavy atom. The molecule has 1 fully saturated rings. The molecule has 40 heavy (non-hydrogen) atoms. The summed E-state index contributed by atoms with van der Waals surface area (Å²) in [6, 6.07) is 11.8. The van der Waals surface area contributed by atoms with E-state index in [1.54, 1.807) is 29.0 Å². The van der Waals surface area contributed by atoms with Crippen LogP contribution < -0.4 is 20.9 Å². The molecule has 0 amide bonds. The zero-order valence-corrected chi connectivity index (χ0v) is 21.9. The first-order chi connectivity index (χ1) is 19.2. The van der Waals surface area contributed by atoms with Crippen molar-refractivity contribution in [1.29, 1.82) is 0 Å². The smallest absolute Gasteiger partial charge is 0.422 e. The standard InChI is InChI=1S/C27H29F3N8O2/c1-3-13-37-25(39)21-16-31-26(33-18-7-9-20(10-8-18)40-17-27(28,29)30)35-24(21)38(37)23-6-4-5-22(34-23)32-19-11-14-36(2)15-12-19/h3-10,16,19H,1,11-15,17H2,2H3,(H,32,34)(H,31,33,35). The van der Waals surface area contributed by atoms with Gasteiger partial charge in [-0.05, 0) is 69.4 Å². The van der Waals surface area contributed by atoms with Crippen molar-refractivity contribution >= 4 is 28.5 Å². The van der Waals surface area contributed by atoms with Crippen molar-refractivity contribution in [1.82, 2.24) is 29.2 Å². The largest absolute Gasteiger partial charge is 0.484 e. The van der Waals surface area contributed by atoms with Crippen molar-refractivity contribution in [2.24, 2.45) is 0 Å². The molecule has 4 aromatic rings. The van der Waals surface area contributed by atoms with Crippen LogP contribution in [0.1, 0.15) is 12.8 Å². The van der Waals surface area contributed by atoms with Crippen molar-refractivity contribution in [2.75, 3.05) is 37.4 Å². The molecule has 3 aromatic heterocycles. The topological polar surface area (TPSA) is 102 Å². The van der Waals surface area contributed by atoms with Gasteiger partial charge in [-0.3, -0.25) is 4.79 Å². The first-order valence-electron chi connectivity index (χ1n) is 12.8. The van der Waals surface area contributed by atoms with Crippen molar-refractivity contribution in [3.63, 3.8) is 0 Å². The monoisotopic (exact) mass is 554 g/mol. The number of nitrogens with zero attached hydrogens (tertiary/aromatic N) is 6. The molecule has 0 radical (unpaired) electrons. The van der Waals surface area contributed by atoms with E-state index in [4.69, 9.17) is 9.72 Å². The second kappa shape index (κ2) is 11.4. The fourth-order valence-corrected chi connectivity index (χ4v) is 4.52. The summed E-state index contributed by atoms with van der Waals surface area (Å²) in [5.41, 5.74) is 0.585. The number of fused-ring (bicyclic) bond motifs is 1. The Morgan fingerprint density at radius 2 is 1.88 bits per heavy atom. The van der Waals surface area contributed by atoms with Crippen molar-refractivity contribution in [3.8, 4) is 11.6 Å². The lowest BCUT2D eigenvalue weighted by molar-refractivity contribution is -0.153. The lowest BCUT2D eigenvalue weighted by Crippen LogP contribution is -2.36. The fourth-order valence-electron chi connectivity index (χ4n) is 4.52. The molecule has 0 spiro atoms. The third-order valence-corrected chi connectivity index (χ3v) is 6.51. The molecule has 13 heteroatoms. The number of aromatic nitrogens is 5. The van der Waals surface area contributed by atoms with Crippen LogP contribution in [-0.4, -0.2) is 68.2 Å². The zero-order valence-electron chi connectivity index (χ0n) is 21.9. The van der Waals surface area contributed by atoms with Crippen molar-refractivity contribution in [2.45, 2.75) is 31.6 Å². The third-order valence-electron chi connectivity index (χ3n) is 6.51. The average molecular weight is 555 g/mol. The first-order valence-corrected chi connectivity index (χ1v) is 12.8. The van der Waals surface area contributed by atoms with Crippen LogP contribution in [0, 0.1) is 0 Å². The van der Waals surface area contributed by atoms with Crippen molar-refractivity contribution in [3.05, 3.63) is 71.7 Å². The van der Waals surface area contributed by atoms with Crippen LogP contribution in [0.5, 0.6) is 5.75 Å². The summed E-state index contributed by atoms with van der Waals surface area (Å²) in [5, 5.41) is 6.83. The Hall–Kier alpha value is -4.39. The highest BCUT2D eigenvalue weighted by atomic mass is 19.4. The molecule has 5 rings (SSSR count). The Bertz CT molecular complexity index is 1540. The van der Waals surface area contributed by atoms with E-state index in [-0.39, 0.29) is 23.8 Å². The molecule has 2 N–H and O–H groups in total. The van der Waals surface area contributed by atoms with Gasteiger partial charge < -0.3 is 20.3 Å². The van der Waals surface area contributed by atoms with E-state index in [0.717, 1.165) is 25.9 Å². The van der Waals surface area contributed by atoms with E-state index in [9.17, 15) is 18.0 Å². The molecule has 4 heterocycles. The van der Waals surface area contributed by atoms with E-state index < -0.39 is 12.8 Å². The summed E-state index contributed by atoms with van der Waals surface area (Å²) in [6.07, 6.45) is 0.647. The number of nitrogens with one attached hydrogen (secondary N) is 2. The number of anilines is 3. The molecule has 0 atom stereocenters. The number of alkyl halides is 3. The van der Waals surface area contributed by atoms with Gasteiger partial charge in [0.05, 0.1) is 6.54 Å². The first kappa shape index (κ1) is 27.2. The van der Waals surface area contributed by atoms with Gasteiger partial charge in [-0.15, -0.1) is 6.58 Å². The molecule has 0 saturated carbocycles. The number of allylic oxidation sites excluding steroid dienone is 1. The van der Waals surface area contributed by atoms with Crippen LogP contribution in [0.3, 0.4) is 0 Å². The van der Waals surface area contributed by atoms with Crippen LogP contribution in [0.2, 0.25) is 0 Å². The molecule has 210 valence electrons. The highest BCUT2D eigenvalue weighted by Crippen LogP contribution is 2.23. The van der Waals surface area contributed by atoms with Gasteiger partial charge >= 0.3 is 6.18 Å². The SMILES string of the molecule is C=CCn1c(=O)c2cnc(Nc3ccc(OCC(F)(F)F)cc3)nc2n1-c1cccc(NC2CCN(C)CC2)n1. The van der Waals surface area contributed by atoms with Gasteiger partial charge in [-0.25, -0.2) is 19.3 Å². The number of likely N-dealkylation sites (tertiary alicyclic amines) is 1. The third kappa shape index (κ3) is 6.25. The highest BCUT2D eigenvalue weighted by Gasteiger charge is 2.28. The molecule has 10 nitrogen and oxygen atoms in total. The van der Waals surface area contributed by atoms with Gasteiger partial charge in [0.15, 0.2) is 18.1 Å². The summed E-state index contributed by atoms with van der Waals surface area (Å²) in [6.45, 7) is 4.65. The maximum absolute atomic E-state index is 13.2. The fraction of sp³-hybridized carbons (Fsp3) is 0.333. The van der Waals surface area contributed by atoms with E-state index >= 15 is 0 Å². The van der Waals surface area contributed by atoms with Gasteiger partial charge in [-0.1, -0.05) is 12.1 Å². The van der Waals surface area contributed by atoms with Gasteiger partial charge in [-0.2, -0.15) is 18.2 Å². The second-order valence-electron chi connectivity index (χ2n) is 9.57. The minimum Gasteiger partial charge on any atom is -0.484 e. The molecule has 1 aromatic carbocycles. The Morgan fingerprint density at radius 1 is 1.12 bits per heavy atom. The minimum absolute atomic E-state index is 0.0781. The van der Waals surface area contributed by atoms with E-state index in [2.05, 4.69) is 39.1 Å². The van der Waals surface area contributed by atoms with Gasteiger partial charge in [0, 0.05) is 17.9 Å². The Labute approximate surface area is 228 Å². The van der Waals surface area contributed by atoms with Gasteiger partial charge in [0.25, 0.3) is 5.56 Å². The van der Waals surface area contributed by atoms with E-state index in [1.165, 1.54) is 23.0 Å². The Balaban J connectivity index is 1.44. The number of pyridine rings is 1. The number of piperidine rings is 1. The molecule has 0 aliphatic carbocycles. The minimum atomic E-state index is -4.42. The molecular weight excluding hydrogens is 525 g/mol. The second-order valence-corrected chi connectivity index (χ2v) is 9.57. The normalized spacial score (nSPS) is 14.8. The Kier molecular flexibility index (Phi) is 7.74. The number of rotatable bonds is 9. The van der Waals surface area contributed by atoms with E-state index in [1.807, 2.05) is 12.1 Å². The van der Waals surface area contributed by atoms with Crippen LogP contribution in [0.25, 0.3) is 16.9 Å². The lowest BCUT2D eigenvalue weighted by atomic mass is 10.1. The van der Waals surface area contributed by atoms with Crippen LogP contribution in [-0.2, 0) is 6.54 Å². The summed E-state index contributed by atoms with van der Waals surface area (Å²) in [5.74, 6) is 1.48. The summed E-state index contributed by atoms with van der Waals surface area (Å²) in [4.78, 5) is 29.2. The molecule has 0 bridgehead atoms. The number of hydrogen-bond donors (Lipinski definition) is 2. The molecule has 1 saturated heterocycles.